The van der Waals surface area contributed by atoms with Gasteiger partial charge >= 0.3 is 41.5 Å². The zero-order valence-electron chi connectivity index (χ0n) is 27.2. The Kier molecular flexibility index (Phi) is 15.8. The number of nitrogens with one attached hydrogen (secondary N) is 2. The number of methoxy groups -OCH3 is 3. The van der Waals surface area contributed by atoms with Crippen LogP contribution in [0.2, 0.25) is 0 Å². The van der Waals surface area contributed by atoms with Crippen LogP contribution in [0.1, 0.15) is 86.4 Å². The number of aliphatic imine (C=N–C) groups is 1. The molecule has 0 aliphatic carbocycles. The Bertz CT molecular complexity index is 1580. The Labute approximate surface area is 294 Å². The van der Waals surface area contributed by atoms with Crippen LogP contribution in [0.15, 0.2) is 65.7 Å². The second kappa shape index (κ2) is 17.8. The summed E-state index contributed by atoms with van der Waals surface area (Å²) in [5.41, 5.74) is 3.22. The SMILES string of the molecule is C.COc1ccc2c(c1)C(C)(C)NC2=O.COc1cccc(C(C)(C)N=C=O)c1.COc1cccc2c1C(=O)NC2(C)C.[Cl][Fe]([Cl])[Cl]. The van der Waals surface area contributed by atoms with Gasteiger partial charge in [0.05, 0.1) is 43.5 Å². The molecule has 0 aromatic heterocycles. The molecule has 0 saturated carbocycles. The monoisotopic (exact) mass is 750 g/mol. The quantitative estimate of drug-likeness (QED) is 0.154. The van der Waals surface area contributed by atoms with Crippen molar-refractivity contribution in [2.24, 2.45) is 4.99 Å². The third-order valence-electron chi connectivity index (χ3n) is 7.24. The normalized spacial score (nSPS) is 14.5. The molecule has 2 aliphatic rings. The average Bonchev–Trinajstić information content (AvgIpc) is 3.38. The first-order chi connectivity index (χ1) is 21.4. The van der Waals surface area contributed by atoms with Crippen LogP contribution >= 0.6 is 30.3 Å². The fourth-order valence-electron chi connectivity index (χ4n) is 4.84. The molecular formula is C34H43Cl3FeN3O6. The Hall–Kier alpha value is -3.23. The maximum absolute atomic E-state index is 11.7. The van der Waals surface area contributed by atoms with E-state index < -0.39 is 16.7 Å². The van der Waals surface area contributed by atoms with E-state index in [1.807, 2.05) is 84.0 Å². The van der Waals surface area contributed by atoms with Crippen molar-refractivity contribution in [1.82, 2.24) is 10.6 Å². The van der Waals surface area contributed by atoms with Gasteiger partial charge in [0.15, 0.2) is 0 Å². The van der Waals surface area contributed by atoms with E-state index in [0.717, 1.165) is 33.8 Å². The number of benzene rings is 3. The topological polar surface area (TPSA) is 115 Å². The van der Waals surface area contributed by atoms with Gasteiger partial charge in [-0.1, -0.05) is 31.7 Å². The molecule has 2 heterocycles. The predicted molar refractivity (Wildman–Crippen MR) is 185 cm³/mol. The zero-order chi connectivity index (χ0) is 34.9. The Morgan fingerprint density at radius 1 is 0.766 bits per heavy atom. The number of carbonyl (C=O) groups excluding carboxylic acids is 3. The first kappa shape index (κ1) is 41.8. The maximum atomic E-state index is 11.7. The van der Waals surface area contributed by atoms with E-state index in [2.05, 4.69) is 15.6 Å². The van der Waals surface area contributed by atoms with E-state index in [4.69, 9.17) is 44.5 Å². The van der Waals surface area contributed by atoms with E-state index in [9.17, 15) is 14.4 Å². The minimum atomic E-state index is -1.33. The van der Waals surface area contributed by atoms with Gasteiger partial charge in [-0.25, -0.2) is 4.79 Å². The van der Waals surface area contributed by atoms with E-state index in [1.54, 1.807) is 45.6 Å². The van der Waals surface area contributed by atoms with Crippen molar-refractivity contribution < 1.29 is 39.8 Å². The summed E-state index contributed by atoms with van der Waals surface area (Å²) in [6, 6.07) is 18.7. The number of amides is 2. The molecule has 0 radical (unpaired) electrons. The van der Waals surface area contributed by atoms with Gasteiger partial charge in [0.2, 0.25) is 6.08 Å². The number of hydrogen-bond donors (Lipinski definition) is 2. The van der Waals surface area contributed by atoms with Gasteiger partial charge in [0.25, 0.3) is 11.8 Å². The van der Waals surface area contributed by atoms with Gasteiger partial charge in [0, 0.05) is 5.56 Å². The first-order valence-corrected chi connectivity index (χ1v) is 18.4. The van der Waals surface area contributed by atoms with Crippen LogP contribution in [-0.4, -0.2) is 39.2 Å². The summed E-state index contributed by atoms with van der Waals surface area (Å²) in [5.74, 6) is 2.13. The molecule has 0 saturated heterocycles. The van der Waals surface area contributed by atoms with Gasteiger partial charge in [0.1, 0.15) is 17.2 Å². The van der Waals surface area contributed by atoms with Crippen LogP contribution in [0.5, 0.6) is 17.2 Å². The second-order valence-corrected chi connectivity index (χ2v) is 17.1. The Balaban J connectivity index is 0.000000330. The number of fused-ring (bicyclic) bond motifs is 2. The third kappa shape index (κ3) is 11.2. The Morgan fingerprint density at radius 2 is 1.30 bits per heavy atom. The molecule has 3 aromatic rings. The van der Waals surface area contributed by atoms with E-state index in [1.165, 1.54) is 0 Å². The van der Waals surface area contributed by atoms with Crippen molar-refractivity contribution in [2.75, 3.05) is 21.3 Å². The van der Waals surface area contributed by atoms with Crippen LogP contribution < -0.4 is 24.8 Å². The second-order valence-electron chi connectivity index (χ2n) is 11.6. The first-order valence-electron chi connectivity index (χ1n) is 13.9. The van der Waals surface area contributed by atoms with Gasteiger partial charge < -0.3 is 24.8 Å². The van der Waals surface area contributed by atoms with Crippen LogP contribution in [0.4, 0.5) is 0 Å². The summed E-state index contributed by atoms with van der Waals surface area (Å²) in [6.07, 6.45) is 1.58. The van der Waals surface area contributed by atoms with Crippen LogP contribution in [0.3, 0.4) is 0 Å². The molecule has 3 aromatic carbocycles. The molecule has 0 unspecified atom stereocenters. The zero-order valence-corrected chi connectivity index (χ0v) is 30.5. The number of halogens is 3. The molecule has 5 rings (SSSR count). The average molecular weight is 752 g/mol. The van der Waals surface area contributed by atoms with Crippen molar-refractivity contribution in [3.8, 4) is 17.2 Å². The summed E-state index contributed by atoms with van der Waals surface area (Å²) in [7, 11) is 19.5. The molecule has 0 bridgehead atoms. The Morgan fingerprint density at radius 3 is 1.85 bits per heavy atom. The van der Waals surface area contributed by atoms with Crippen molar-refractivity contribution >= 4 is 48.2 Å². The summed E-state index contributed by atoms with van der Waals surface area (Å²) >= 11 is -1.33. The van der Waals surface area contributed by atoms with Crippen molar-refractivity contribution in [3.63, 3.8) is 0 Å². The van der Waals surface area contributed by atoms with Gasteiger partial charge in [-0.15, -0.1) is 0 Å². The fourth-order valence-corrected chi connectivity index (χ4v) is 4.84. The predicted octanol–water partition coefficient (Wildman–Crippen LogP) is 8.32. The van der Waals surface area contributed by atoms with E-state index >= 15 is 0 Å². The molecule has 0 fully saturated rings. The summed E-state index contributed by atoms with van der Waals surface area (Å²) in [6.45, 7) is 11.6. The molecule has 47 heavy (non-hydrogen) atoms. The molecule has 2 amide bonds. The number of nitrogens with zero attached hydrogens (tertiary/aromatic N) is 1. The standard InChI is InChI=1S/3C11H13NO2.CH4.3ClH.Fe/c1-11(2)9-6-7(14-3)4-5-8(9)10(13)12-11;1-11(2)7-5-4-6-8(14-3)9(7)10(13)12-11;1-11(2,12-8-13)9-5-4-6-10(7-9)14-3;;;;;/h2*4-6H,1-3H3,(H,12,13);4-7H,1-3H3;1H4;3*1H;/q;;;;;;;+3/p-3. The van der Waals surface area contributed by atoms with Gasteiger partial charge in [-0.3, -0.25) is 9.59 Å². The van der Waals surface area contributed by atoms with Gasteiger partial charge in [-0.2, -0.15) is 4.99 Å². The van der Waals surface area contributed by atoms with Crippen LogP contribution in [0.25, 0.3) is 0 Å². The third-order valence-corrected chi connectivity index (χ3v) is 7.24. The molecule has 2 aliphatic heterocycles. The van der Waals surface area contributed by atoms with Crippen molar-refractivity contribution in [3.05, 3.63) is 88.5 Å². The van der Waals surface area contributed by atoms with Crippen LogP contribution in [0, 0.1) is 0 Å². The number of hydrogen-bond acceptors (Lipinski definition) is 7. The summed E-state index contributed by atoms with van der Waals surface area (Å²) in [5, 5.41) is 5.83. The number of rotatable bonds is 5. The van der Waals surface area contributed by atoms with Gasteiger partial charge in [-0.05, 0) is 94.6 Å². The number of carbonyl (C=O) groups is 2. The minimum absolute atomic E-state index is 0. The molecule has 2 N–H and O–H groups in total. The number of isocyanates is 1. The molecule has 9 nitrogen and oxygen atoms in total. The van der Waals surface area contributed by atoms with Crippen molar-refractivity contribution in [2.45, 2.75) is 65.6 Å². The molecule has 259 valence electrons. The molecular weight excluding hydrogens is 709 g/mol. The molecule has 13 heteroatoms. The van der Waals surface area contributed by atoms with E-state index in [0.29, 0.717) is 11.3 Å². The van der Waals surface area contributed by atoms with E-state index in [-0.39, 0.29) is 30.3 Å². The van der Waals surface area contributed by atoms with Crippen molar-refractivity contribution in [1.29, 1.82) is 0 Å². The molecule has 0 spiro atoms. The fraction of sp³-hybridized carbons (Fsp3) is 0.382. The summed E-state index contributed by atoms with van der Waals surface area (Å²) < 4.78 is 15.4. The number of ether oxygens (including phenoxy) is 3. The summed E-state index contributed by atoms with van der Waals surface area (Å²) in [4.78, 5) is 37.2. The molecule has 0 atom stereocenters. The van der Waals surface area contributed by atoms with Crippen LogP contribution in [-0.2, 0) is 32.6 Å².